The van der Waals surface area contributed by atoms with Gasteiger partial charge in [0.15, 0.2) is 0 Å². The summed E-state index contributed by atoms with van der Waals surface area (Å²) < 4.78 is 0. The number of aliphatic imine (C=N–C) groups is 2. The van der Waals surface area contributed by atoms with Crippen LogP contribution in [0.1, 0.15) is 113 Å². The third kappa shape index (κ3) is 12.9. The van der Waals surface area contributed by atoms with E-state index in [1.165, 1.54) is 47.9 Å². The zero-order valence-electron chi connectivity index (χ0n) is 25.6. The summed E-state index contributed by atoms with van der Waals surface area (Å²) in [5.41, 5.74) is 8.95. The van der Waals surface area contributed by atoms with Gasteiger partial charge < -0.3 is 24.8 Å². The molecule has 3 nitrogen and oxygen atoms in total. The fourth-order valence-electron chi connectivity index (χ4n) is 4.83. The van der Waals surface area contributed by atoms with E-state index in [2.05, 4.69) is 64.1 Å². The van der Waals surface area contributed by atoms with Crippen molar-refractivity contribution in [3.63, 3.8) is 0 Å². The number of hydrogen-bond acceptors (Lipinski definition) is 3. The molecule has 0 fully saturated rings. The second kappa shape index (κ2) is 22.8. The van der Waals surface area contributed by atoms with Crippen molar-refractivity contribution in [3.8, 4) is 0 Å². The van der Waals surface area contributed by atoms with E-state index in [1.54, 1.807) is 0 Å². The summed E-state index contributed by atoms with van der Waals surface area (Å²) in [5.74, 6) is 0. The van der Waals surface area contributed by atoms with Gasteiger partial charge in [-0.3, -0.25) is 9.98 Å². The molecule has 3 aromatic rings. The number of nitrogens with zero attached hydrogens (tertiary/aromatic N) is 3. The van der Waals surface area contributed by atoms with Crippen LogP contribution in [-0.4, -0.2) is 17.4 Å². The van der Waals surface area contributed by atoms with E-state index in [0.717, 1.165) is 74.1 Å². The molecule has 0 aliphatic rings. The molecule has 0 amide bonds. The number of rotatable bonds is 16. The average molecular weight is 674 g/mol. The van der Waals surface area contributed by atoms with E-state index in [0.29, 0.717) is 5.02 Å². The zero-order valence-corrected chi connectivity index (χ0v) is 28.9. The summed E-state index contributed by atoms with van der Waals surface area (Å²) in [6.45, 7) is 8.94. The molecule has 1 heterocycles. The molecule has 2 aromatic carbocycles. The molecule has 0 N–H and O–H groups in total. The number of aryl methyl sites for hydroxylation is 4. The molecule has 0 bridgehead atoms. The van der Waals surface area contributed by atoms with E-state index < -0.39 is 0 Å². The van der Waals surface area contributed by atoms with Crippen LogP contribution in [0.2, 0.25) is 5.02 Å². The van der Waals surface area contributed by atoms with E-state index in [1.807, 2.05) is 24.6 Å². The molecule has 1 radical (unpaired) electrons. The molecule has 1 aromatic heterocycles. The molecule has 0 spiro atoms. The predicted molar refractivity (Wildman–Crippen MR) is 171 cm³/mol. The van der Waals surface area contributed by atoms with Gasteiger partial charge in [-0.15, -0.1) is 0 Å². The first kappa shape index (κ1) is 40.3. The van der Waals surface area contributed by atoms with Crippen molar-refractivity contribution >= 4 is 35.4 Å². The topological polar surface area (TPSA) is 37.6 Å². The normalized spacial score (nSPS) is 10.9. The number of unbranched alkanes of at least 4 members (excludes halogenated alkanes) is 4. The molecule has 0 saturated carbocycles. The van der Waals surface area contributed by atoms with Crippen LogP contribution in [0.15, 0.2) is 58.5 Å². The maximum atomic E-state index is 6.55. The molecular formula is C35H46Cl3CoN3. The zero-order chi connectivity index (χ0) is 27.9. The van der Waals surface area contributed by atoms with Crippen LogP contribution in [0.3, 0.4) is 0 Å². The number of halogens is 3. The minimum absolute atomic E-state index is 0. The van der Waals surface area contributed by atoms with Crippen LogP contribution in [0, 0.1) is 0 Å². The fourth-order valence-corrected chi connectivity index (χ4v) is 5.05. The Morgan fingerprint density at radius 3 is 1.19 bits per heavy atom. The van der Waals surface area contributed by atoms with Crippen LogP contribution in [0.4, 0.5) is 11.4 Å². The standard InChI is InChI=1S/C35H46ClN3.2ClH.Co/c1-5-9-15-27-19-13-20-28(16-10-6-2)34(27)37-25-32-23-31(36)24-33(39-32)26-38-35-29(17-11-7-3)21-14-22-30(35)18-12-8-4;;;/h13-14,19-26H,5-12,15-18H2,1-4H3;2*1H;/q;;;+2/p-2. The molecule has 0 unspecified atom stereocenters. The van der Waals surface area contributed by atoms with Crippen molar-refractivity contribution in [1.82, 2.24) is 4.98 Å². The Labute approximate surface area is 282 Å². The first-order valence-corrected chi connectivity index (χ1v) is 15.4. The van der Waals surface area contributed by atoms with Crippen LogP contribution < -0.4 is 24.8 Å². The summed E-state index contributed by atoms with van der Waals surface area (Å²) in [6, 6.07) is 17.0. The van der Waals surface area contributed by atoms with Gasteiger partial charge in [-0.1, -0.05) is 101 Å². The van der Waals surface area contributed by atoms with Crippen molar-refractivity contribution in [2.45, 2.75) is 105 Å². The van der Waals surface area contributed by atoms with Crippen molar-refractivity contribution in [3.05, 3.63) is 87.2 Å². The number of aromatic nitrogens is 1. The Morgan fingerprint density at radius 1 is 0.595 bits per heavy atom. The van der Waals surface area contributed by atoms with Crippen LogP contribution in [0.25, 0.3) is 0 Å². The maximum Gasteiger partial charge on any atom is 2.00 e. The van der Waals surface area contributed by atoms with E-state index in [4.69, 9.17) is 26.6 Å². The summed E-state index contributed by atoms with van der Waals surface area (Å²) in [4.78, 5) is 14.8. The second-order valence-electron chi connectivity index (χ2n) is 10.4. The van der Waals surface area contributed by atoms with Gasteiger partial charge in [0.05, 0.1) is 35.2 Å². The van der Waals surface area contributed by atoms with Crippen molar-refractivity contribution in [2.75, 3.05) is 0 Å². The van der Waals surface area contributed by atoms with Gasteiger partial charge in [-0.25, -0.2) is 4.98 Å². The number of benzene rings is 2. The van der Waals surface area contributed by atoms with Gasteiger partial charge in [-0.2, -0.15) is 0 Å². The maximum absolute atomic E-state index is 6.55. The van der Waals surface area contributed by atoms with Gasteiger partial charge in [0.2, 0.25) is 0 Å². The molecule has 7 heteroatoms. The number of pyridine rings is 1. The second-order valence-corrected chi connectivity index (χ2v) is 10.9. The Kier molecular flexibility index (Phi) is 21.9. The Hall–Kier alpha value is -1.69. The van der Waals surface area contributed by atoms with Crippen molar-refractivity contribution < 1.29 is 41.6 Å². The van der Waals surface area contributed by atoms with Crippen molar-refractivity contribution in [1.29, 1.82) is 0 Å². The molecule has 0 aliphatic carbocycles. The van der Waals surface area contributed by atoms with E-state index in [9.17, 15) is 0 Å². The van der Waals surface area contributed by atoms with Crippen LogP contribution in [-0.2, 0) is 42.5 Å². The van der Waals surface area contributed by atoms with Gasteiger partial charge in [0.1, 0.15) is 0 Å². The van der Waals surface area contributed by atoms with Gasteiger partial charge in [-0.05, 0) is 85.8 Å². The third-order valence-corrected chi connectivity index (χ3v) is 7.30. The Bertz CT molecular complexity index is 1100. The first-order chi connectivity index (χ1) is 19.1. The van der Waals surface area contributed by atoms with Gasteiger partial charge in [0.25, 0.3) is 0 Å². The van der Waals surface area contributed by atoms with Gasteiger partial charge >= 0.3 is 16.8 Å². The van der Waals surface area contributed by atoms with E-state index in [-0.39, 0.29) is 41.6 Å². The number of para-hydroxylation sites is 2. The average Bonchev–Trinajstić information content (AvgIpc) is 2.95. The third-order valence-electron chi connectivity index (χ3n) is 7.09. The summed E-state index contributed by atoms with van der Waals surface area (Å²) in [6.07, 6.45) is 17.2. The number of hydrogen-bond donors (Lipinski definition) is 0. The monoisotopic (exact) mass is 672 g/mol. The molecule has 231 valence electrons. The summed E-state index contributed by atoms with van der Waals surface area (Å²) in [7, 11) is 0. The predicted octanol–water partition coefficient (Wildman–Crippen LogP) is 4.61. The minimum Gasteiger partial charge on any atom is -1.00 e. The van der Waals surface area contributed by atoms with Crippen LogP contribution in [0.5, 0.6) is 0 Å². The Morgan fingerprint density at radius 2 is 0.905 bits per heavy atom. The SMILES string of the molecule is CCCCc1cccc(CCCC)c1N=Cc1cc(Cl)cc(C=Nc2c(CCCC)cccc2CCCC)n1.[Cl-].[Cl-].[Co+2]. The largest absolute Gasteiger partial charge is 2.00 e. The van der Waals surface area contributed by atoms with Crippen LogP contribution >= 0.6 is 11.6 Å². The molecule has 0 atom stereocenters. The van der Waals surface area contributed by atoms with Gasteiger partial charge in [0, 0.05) is 5.02 Å². The van der Waals surface area contributed by atoms with E-state index >= 15 is 0 Å². The molecule has 3 rings (SSSR count). The first-order valence-electron chi connectivity index (χ1n) is 15.1. The minimum atomic E-state index is 0. The molecule has 42 heavy (non-hydrogen) atoms. The molecular weight excluding hydrogens is 628 g/mol. The summed E-state index contributed by atoms with van der Waals surface area (Å²) >= 11 is 6.55. The Balaban J connectivity index is 0.00000560. The molecule has 0 saturated heterocycles. The van der Waals surface area contributed by atoms with Crippen molar-refractivity contribution in [2.24, 2.45) is 9.98 Å². The molecule has 0 aliphatic heterocycles. The quantitative estimate of drug-likeness (QED) is 0.205. The fraction of sp³-hybridized carbons (Fsp3) is 0.457. The smallest absolute Gasteiger partial charge is 1.00 e. The summed E-state index contributed by atoms with van der Waals surface area (Å²) in [5, 5.41) is 0.642.